The number of nitrogens with one attached hydrogen (secondary N) is 1. The minimum atomic E-state index is -0.523. The van der Waals surface area contributed by atoms with Crippen LogP contribution in [0.1, 0.15) is 27.2 Å². The molecule has 0 unspecified atom stereocenters. The van der Waals surface area contributed by atoms with E-state index in [1.165, 1.54) is 12.3 Å². The number of hydrogen-bond acceptors (Lipinski definition) is 5. The van der Waals surface area contributed by atoms with E-state index >= 15 is 0 Å². The van der Waals surface area contributed by atoms with Crippen LogP contribution in [-0.4, -0.2) is 26.8 Å². The maximum absolute atomic E-state index is 12.8. The summed E-state index contributed by atoms with van der Waals surface area (Å²) in [5.74, 6) is -0.523. The van der Waals surface area contributed by atoms with Crippen molar-refractivity contribution in [3.05, 3.63) is 111 Å². The van der Waals surface area contributed by atoms with Gasteiger partial charge in [0.15, 0.2) is 5.69 Å². The lowest BCUT2D eigenvalue weighted by Gasteiger charge is -2.10. The van der Waals surface area contributed by atoms with Gasteiger partial charge in [0.2, 0.25) is 0 Å². The predicted octanol–water partition coefficient (Wildman–Crippen LogP) is 4.83. The molecule has 0 aliphatic rings. The number of benzene rings is 3. The zero-order valence-electron chi connectivity index (χ0n) is 18.1. The zero-order valence-corrected chi connectivity index (χ0v) is 18.1. The van der Waals surface area contributed by atoms with Crippen molar-refractivity contribution in [2.75, 3.05) is 0 Å². The third kappa shape index (κ3) is 4.69. The Bertz CT molecular complexity index is 1360. The molecule has 0 bridgehead atoms. The van der Waals surface area contributed by atoms with Crippen molar-refractivity contribution < 1.29 is 9.72 Å². The molecule has 0 fully saturated rings. The Morgan fingerprint density at radius 3 is 2.45 bits per heavy atom. The molecule has 0 saturated carbocycles. The second-order valence-corrected chi connectivity index (χ2v) is 7.49. The van der Waals surface area contributed by atoms with Gasteiger partial charge in [0.25, 0.3) is 11.6 Å². The van der Waals surface area contributed by atoms with Crippen LogP contribution in [0.15, 0.2) is 84.0 Å². The molecule has 1 heterocycles. The highest BCUT2D eigenvalue weighted by Crippen LogP contribution is 2.26. The summed E-state index contributed by atoms with van der Waals surface area (Å²) in [5.41, 5.74) is 7.45. The fourth-order valence-electron chi connectivity index (χ4n) is 3.39. The Kier molecular flexibility index (Phi) is 6.08. The van der Waals surface area contributed by atoms with Crippen LogP contribution in [0.4, 0.5) is 5.69 Å². The van der Waals surface area contributed by atoms with Crippen molar-refractivity contribution in [3.63, 3.8) is 0 Å². The highest BCUT2D eigenvalue weighted by molar-refractivity contribution is 5.94. The number of hydrogen-bond donors (Lipinski definition) is 1. The maximum atomic E-state index is 12.8. The van der Waals surface area contributed by atoms with Crippen LogP contribution < -0.4 is 5.43 Å². The number of nitrogens with zero attached hydrogens (tertiary/aromatic N) is 4. The van der Waals surface area contributed by atoms with Crippen molar-refractivity contribution in [1.29, 1.82) is 0 Å². The predicted molar refractivity (Wildman–Crippen MR) is 127 cm³/mol. The van der Waals surface area contributed by atoms with E-state index in [0.717, 1.165) is 28.1 Å². The van der Waals surface area contributed by atoms with Gasteiger partial charge < -0.3 is 0 Å². The normalized spacial score (nSPS) is 11.0. The van der Waals surface area contributed by atoms with E-state index < -0.39 is 10.8 Å². The summed E-state index contributed by atoms with van der Waals surface area (Å²) in [5, 5.41) is 19.6. The Labute approximate surface area is 190 Å². The molecule has 0 atom stereocenters. The third-order valence-electron chi connectivity index (χ3n) is 5.14. The summed E-state index contributed by atoms with van der Waals surface area (Å²) < 4.78 is 1.74. The van der Waals surface area contributed by atoms with E-state index in [2.05, 4.69) is 15.6 Å². The number of nitro benzene ring substituents is 1. The number of rotatable bonds is 6. The van der Waals surface area contributed by atoms with Gasteiger partial charge in [-0.15, -0.1) is 0 Å². The van der Waals surface area contributed by atoms with E-state index in [9.17, 15) is 14.9 Å². The van der Waals surface area contributed by atoms with Gasteiger partial charge in [-0.2, -0.15) is 10.2 Å². The fourth-order valence-corrected chi connectivity index (χ4v) is 3.39. The average Bonchev–Trinajstić information content (AvgIpc) is 3.25. The van der Waals surface area contributed by atoms with Gasteiger partial charge in [-0.25, -0.2) is 10.1 Å². The number of aryl methyl sites for hydroxylation is 2. The molecule has 0 radical (unpaired) electrons. The van der Waals surface area contributed by atoms with E-state index in [0.29, 0.717) is 0 Å². The number of carbonyl (C=O) groups excluding carboxylic acids is 1. The van der Waals surface area contributed by atoms with E-state index in [1.807, 2.05) is 62.4 Å². The molecule has 4 aromatic rings. The second-order valence-electron chi connectivity index (χ2n) is 7.49. The van der Waals surface area contributed by atoms with Crippen molar-refractivity contribution in [2.24, 2.45) is 5.10 Å². The standard InChI is InChI=1S/C25H21N5O3/c1-17-11-13-19(14-12-17)24-15-21(28-29(24)22-9-5-3-7-18(22)2)25(31)27-26-16-20-8-4-6-10-23(20)30(32)33/h3-16H,1-2H3,(H,27,31)/b26-16-. The molecule has 1 aromatic heterocycles. The van der Waals surface area contributed by atoms with Crippen LogP contribution in [0.3, 0.4) is 0 Å². The first-order valence-electron chi connectivity index (χ1n) is 10.2. The smallest absolute Gasteiger partial charge is 0.265 e. The van der Waals surface area contributed by atoms with Gasteiger partial charge in [0.05, 0.1) is 28.1 Å². The van der Waals surface area contributed by atoms with Crippen LogP contribution in [0.2, 0.25) is 0 Å². The minimum absolute atomic E-state index is 0.0963. The van der Waals surface area contributed by atoms with Crippen LogP contribution in [0.5, 0.6) is 0 Å². The molecular weight excluding hydrogens is 418 g/mol. The number of aromatic nitrogens is 2. The van der Waals surface area contributed by atoms with Crippen molar-refractivity contribution >= 4 is 17.8 Å². The fraction of sp³-hybridized carbons (Fsp3) is 0.0800. The lowest BCUT2D eigenvalue weighted by atomic mass is 10.1. The lowest BCUT2D eigenvalue weighted by molar-refractivity contribution is -0.385. The number of amides is 1. The Hall–Kier alpha value is -4.59. The molecule has 1 amide bonds. The Morgan fingerprint density at radius 2 is 1.73 bits per heavy atom. The SMILES string of the molecule is Cc1ccc(-c2cc(C(=O)N/N=C\c3ccccc3[N+](=O)[O-])nn2-c2ccccc2C)cc1. The Balaban J connectivity index is 1.66. The summed E-state index contributed by atoms with van der Waals surface area (Å²) in [7, 11) is 0. The highest BCUT2D eigenvalue weighted by atomic mass is 16.6. The Morgan fingerprint density at radius 1 is 1.03 bits per heavy atom. The zero-order chi connectivity index (χ0) is 23.4. The third-order valence-corrected chi connectivity index (χ3v) is 5.14. The van der Waals surface area contributed by atoms with E-state index in [1.54, 1.807) is 28.9 Å². The molecule has 4 rings (SSSR count). The molecule has 0 aliphatic heterocycles. The topological polar surface area (TPSA) is 102 Å². The monoisotopic (exact) mass is 439 g/mol. The minimum Gasteiger partial charge on any atom is -0.265 e. The van der Waals surface area contributed by atoms with Crippen molar-refractivity contribution in [3.8, 4) is 16.9 Å². The molecular formula is C25H21N5O3. The van der Waals surface area contributed by atoms with Crippen molar-refractivity contribution in [2.45, 2.75) is 13.8 Å². The summed E-state index contributed by atoms with van der Waals surface area (Å²) in [4.78, 5) is 23.4. The maximum Gasteiger partial charge on any atom is 0.291 e. The molecule has 3 aromatic carbocycles. The summed E-state index contributed by atoms with van der Waals surface area (Å²) >= 11 is 0. The largest absolute Gasteiger partial charge is 0.291 e. The molecule has 8 nitrogen and oxygen atoms in total. The quantitative estimate of drug-likeness (QED) is 0.264. The molecule has 8 heteroatoms. The van der Waals surface area contributed by atoms with E-state index in [4.69, 9.17) is 0 Å². The molecule has 0 spiro atoms. The van der Waals surface area contributed by atoms with E-state index in [-0.39, 0.29) is 16.9 Å². The van der Waals surface area contributed by atoms with Gasteiger partial charge in [-0.05, 0) is 37.6 Å². The first kappa shape index (κ1) is 21.6. The van der Waals surface area contributed by atoms with Crippen LogP contribution in [0, 0.1) is 24.0 Å². The molecule has 1 N–H and O–H groups in total. The van der Waals surface area contributed by atoms with Crippen LogP contribution >= 0.6 is 0 Å². The van der Waals surface area contributed by atoms with Gasteiger partial charge >= 0.3 is 0 Å². The van der Waals surface area contributed by atoms with Crippen LogP contribution in [0.25, 0.3) is 16.9 Å². The van der Waals surface area contributed by atoms with Crippen LogP contribution in [-0.2, 0) is 0 Å². The lowest BCUT2D eigenvalue weighted by Crippen LogP contribution is -2.18. The van der Waals surface area contributed by atoms with Gasteiger partial charge in [-0.1, -0.05) is 60.2 Å². The first-order valence-corrected chi connectivity index (χ1v) is 10.2. The number of para-hydroxylation sites is 2. The molecule has 0 saturated heterocycles. The molecule has 33 heavy (non-hydrogen) atoms. The van der Waals surface area contributed by atoms with Gasteiger partial charge in [-0.3, -0.25) is 14.9 Å². The first-order chi connectivity index (χ1) is 15.9. The highest BCUT2D eigenvalue weighted by Gasteiger charge is 2.18. The summed E-state index contributed by atoms with van der Waals surface area (Å²) in [6.45, 7) is 3.99. The summed E-state index contributed by atoms with van der Waals surface area (Å²) in [6, 6.07) is 23.6. The summed E-state index contributed by atoms with van der Waals surface area (Å²) in [6.07, 6.45) is 1.25. The second kappa shape index (κ2) is 9.27. The van der Waals surface area contributed by atoms with Crippen molar-refractivity contribution in [1.82, 2.24) is 15.2 Å². The number of nitro groups is 1. The van der Waals surface area contributed by atoms with Gasteiger partial charge in [0, 0.05) is 11.6 Å². The van der Waals surface area contributed by atoms with Gasteiger partial charge in [0.1, 0.15) is 0 Å². The number of hydrazone groups is 1. The molecule has 164 valence electrons. The number of carbonyl (C=O) groups is 1. The average molecular weight is 439 g/mol. The molecule has 0 aliphatic carbocycles.